The zero-order chi connectivity index (χ0) is 13.1. The molecule has 1 aromatic carbocycles. The van der Waals surface area contributed by atoms with Crippen LogP contribution in [0.3, 0.4) is 0 Å². The molecule has 2 nitrogen and oxygen atoms in total. The molecule has 0 bridgehead atoms. The molecular weight excluding hydrogens is 234 g/mol. The summed E-state index contributed by atoms with van der Waals surface area (Å²) < 4.78 is 5.36. The van der Waals surface area contributed by atoms with Crippen LogP contribution < -0.4 is 10.1 Å². The highest BCUT2D eigenvalue weighted by Crippen LogP contribution is 2.37. The summed E-state index contributed by atoms with van der Waals surface area (Å²) in [6.45, 7) is 1.11. The fourth-order valence-electron chi connectivity index (χ4n) is 3.77. The minimum atomic E-state index is 0.577. The second kappa shape index (κ2) is 5.96. The summed E-state index contributed by atoms with van der Waals surface area (Å²) in [4.78, 5) is 0. The second-order valence-corrected chi connectivity index (χ2v) is 6.00. The standard InChI is InChI=1S/C17H25NO/c1-19-15-8-9-16-14(12-15)10-11-18-17(16)13-6-4-2-3-5-7-13/h8-9,12-13,17-18H,2-7,10-11H2,1H3. The summed E-state index contributed by atoms with van der Waals surface area (Å²) in [6, 6.07) is 7.22. The lowest BCUT2D eigenvalue weighted by Crippen LogP contribution is -2.34. The Kier molecular flexibility index (Phi) is 4.07. The van der Waals surface area contributed by atoms with Gasteiger partial charge in [-0.3, -0.25) is 0 Å². The molecule has 0 spiro atoms. The van der Waals surface area contributed by atoms with Gasteiger partial charge >= 0.3 is 0 Å². The van der Waals surface area contributed by atoms with Crippen LogP contribution in [0, 0.1) is 5.92 Å². The molecule has 1 aliphatic heterocycles. The Bertz CT molecular complexity index is 421. The van der Waals surface area contributed by atoms with E-state index in [9.17, 15) is 0 Å². The van der Waals surface area contributed by atoms with Gasteiger partial charge in [0.2, 0.25) is 0 Å². The van der Waals surface area contributed by atoms with Crippen molar-refractivity contribution in [1.29, 1.82) is 0 Å². The average Bonchev–Trinajstić information content (AvgIpc) is 2.75. The van der Waals surface area contributed by atoms with E-state index in [0.29, 0.717) is 6.04 Å². The molecule has 0 amide bonds. The predicted octanol–water partition coefficient (Wildman–Crippen LogP) is 3.85. The number of hydrogen-bond acceptors (Lipinski definition) is 2. The summed E-state index contributed by atoms with van der Waals surface area (Å²) in [6.07, 6.45) is 9.60. The van der Waals surface area contributed by atoms with Crippen LogP contribution in [-0.2, 0) is 6.42 Å². The highest BCUT2D eigenvalue weighted by atomic mass is 16.5. The third-order valence-corrected chi connectivity index (χ3v) is 4.82. The lowest BCUT2D eigenvalue weighted by Gasteiger charge is -2.33. The van der Waals surface area contributed by atoms with Gasteiger partial charge in [0.25, 0.3) is 0 Å². The van der Waals surface area contributed by atoms with Gasteiger partial charge < -0.3 is 10.1 Å². The first-order valence-electron chi connectivity index (χ1n) is 7.78. The molecule has 0 aromatic heterocycles. The minimum Gasteiger partial charge on any atom is -0.497 e. The number of nitrogens with one attached hydrogen (secondary N) is 1. The molecule has 2 aliphatic rings. The maximum atomic E-state index is 5.36. The smallest absolute Gasteiger partial charge is 0.119 e. The van der Waals surface area contributed by atoms with Crippen LogP contribution in [0.4, 0.5) is 0 Å². The Morgan fingerprint density at radius 1 is 1.11 bits per heavy atom. The van der Waals surface area contributed by atoms with Crippen LogP contribution >= 0.6 is 0 Å². The molecule has 1 aromatic rings. The van der Waals surface area contributed by atoms with E-state index in [2.05, 4.69) is 23.5 Å². The first kappa shape index (κ1) is 13.0. The molecule has 0 saturated heterocycles. The van der Waals surface area contributed by atoms with Crippen LogP contribution in [0.2, 0.25) is 0 Å². The van der Waals surface area contributed by atoms with E-state index in [0.717, 1.165) is 24.6 Å². The third kappa shape index (κ3) is 2.79. The summed E-state index contributed by atoms with van der Waals surface area (Å²) in [5, 5.41) is 3.77. The molecular formula is C17H25NO. The SMILES string of the molecule is COc1ccc2c(c1)CCNC2C1CCCCCC1. The van der Waals surface area contributed by atoms with Crippen LogP contribution in [0.5, 0.6) is 5.75 Å². The minimum absolute atomic E-state index is 0.577. The molecule has 19 heavy (non-hydrogen) atoms. The predicted molar refractivity (Wildman–Crippen MR) is 78.6 cm³/mol. The van der Waals surface area contributed by atoms with Crippen molar-refractivity contribution in [2.24, 2.45) is 5.92 Å². The summed E-state index contributed by atoms with van der Waals surface area (Å²) in [5.74, 6) is 1.83. The van der Waals surface area contributed by atoms with Crippen molar-refractivity contribution >= 4 is 0 Å². The molecule has 104 valence electrons. The molecule has 1 N–H and O–H groups in total. The lowest BCUT2D eigenvalue weighted by molar-refractivity contribution is 0.314. The van der Waals surface area contributed by atoms with Gasteiger partial charge in [-0.05, 0) is 55.0 Å². The average molecular weight is 259 g/mol. The highest BCUT2D eigenvalue weighted by Gasteiger charge is 2.28. The number of rotatable bonds is 2. The molecule has 1 heterocycles. The van der Waals surface area contributed by atoms with Crippen LogP contribution in [0.1, 0.15) is 55.7 Å². The first-order valence-corrected chi connectivity index (χ1v) is 7.78. The van der Waals surface area contributed by atoms with E-state index in [-0.39, 0.29) is 0 Å². The van der Waals surface area contributed by atoms with Crippen molar-refractivity contribution in [2.75, 3.05) is 13.7 Å². The Morgan fingerprint density at radius 3 is 2.63 bits per heavy atom. The Balaban J connectivity index is 1.84. The zero-order valence-electron chi connectivity index (χ0n) is 12.0. The monoisotopic (exact) mass is 259 g/mol. The molecule has 1 atom stereocenters. The van der Waals surface area contributed by atoms with E-state index in [1.54, 1.807) is 7.11 Å². The Hall–Kier alpha value is -1.02. The van der Waals surface area contributed by atoms with Crippen molar-refractivity contribution < 1.29 is 4.74 Å². The van der Waals surface area contributed by atoms with Crippen molar-refractivity contribution in [3.05, 3.63) is 29.3 Å². The van der Waals surface area contributed by atoms with Gasteiger partial charge in [0.15, 0.2) is 0 Å². The summed E-state index contributed by atoms with van der Waals surface area (Å²) >= 11 is 0. The number of fused-ring (bicyclic) bond motifs is 1. The van der Waals surface area contributed by atoms with Crippen molar-refractivity contribution in [1.82, 2.24) is 5.32 Å². The topological polar surface area (TPSA) is 21.3 Å². The summed E-state index contributed by atoms with van der Waals surface area (Å²) in [7, 11) is 1.76. The van der Waals surface area contributed by atoms with Crippen LogP contribution in [-0.4, -0.2) is 13.7 Å². The van der Waals surface area contributed by atoms with Gasteiger partial charge in [-0.2, -0.15) is 0 Å². The number of ether oxygens (including phenoxy) is 1. The maximum Gasteiger partial charge on any atom is 0.119 e. The maximum absolute atomic E-state index is 5.36. The largest absolute Gasteiger partial charge is 0.497 e. The lowest BCUT2D eigenvalue weighted by atomic mass is 9.82. The molecule has 3 rings (SSSR count). The Morgan fingerprint density at radius 2 is 1.89 bits per heavy atom. The zero-order valence-corrected chi connectivity index (χ0v) is 12.0. The van der Waals surface area contributed by atoms with Gasteiger partial charge in [0, 0.05) is 6.04 Å². The van der Waals surface area contributed by atoms with Gasteiger partial charge in [0.05, 0.1) is 7.11 Å². The van der Waals surface area contributed by atoms with Gasteiger partial charge in [-0.25, -0.2) is 0 Å². The second-order valence-electron chi connectivity index (χ2n) is 6.00. The number of methoxy groups -OCH3 is 1. The van der Waals surface area contributed by atoms with E-state index in [1.807, 2.05) is 0 Å². The molecule has 1 fully saturated rings. The van der Waals surface area contributed by atoms with Crippen LogP contribution in [0.25, 0.3) is 0 Å². The number of benzene rings is 1. The van der Waals surface area contributed by atoms with Gasteiger partial charge in [-0.1, -0.05) is 31.7 Å². The molecule has 2 heteroatoms. The van der Waals surface area contributed by atoms with Crippen LogP contribution in [0.15, 0.2) is 18.2 Å². The van der Waals surface area contributed by atoms with E-state index in [4.69, 9.17) is 4.74 Å². The van der Waals surface area contributed by atoms with E-state index < -0.39 is 0 Å². The normalized spacial score (nSPS) is 24.6. The summed E-state index contributed by atoms with van der Waals surface area (Å²) in [5.41, 5.74) is 3.02. The van der Waals surface area contributed by atoms with E-state index >= 15 is 0 Å². The quantitative estimate of drug-likeness (QED) is 0.814. The van der Waals surface area contributed by atoms with Gasteiger partial charge in [-0.15, -0.1) is 0 Å². The molecule has 0 radical (unpaired) electrons. The van der Waals surface area contributed by atoms with Crippen molar-refractivity contribution in [3.8, 4) is 5.75 Å². The first-order chi connectivity index (χ1) is 9.38. The fourth-order valence-corrected chi connectivity index (χ4v) is 3.77. The molecule has 1 unspecified atom stereocenters. The fraction of sp³-hybridized carbons (Fsp3) is 0.647. The number of hydrogen-bond donors (Lipinski definition) is 1. The van der Waals surface area contributed by atoms with Gasteiger partial charge in [0.1, 0.15) is 5.75 Å². The Labute approximate surface area is 116 Å². The highest BCUT2D eigenvalue weighted by molar-refractivity contribution is 5.39. The van der Waals surface area contributed by atoms with Crippen molar-refractivity contribution in [3.63, 3.8) is 0 Å². The van der Waals surface area contributed by atoms with Crippen molar-refractivity contribution in [2.45, 2.75) is 51.0 Å². The third-order valence-electron chi connectivity index (χ3n) is 4.82. The molecule has 1 saturated carbocycles. The van der Waals surface area contributed by atoms with E-state index in [1.165, 1.54) is 49.7 Å². The molecule has 1 aliphatic carbocycles.